The van der Waals surface area contributed by atoms with Gasteiger partial charge in [0.2, 0.25) is 0 Å². The van der Waals surface area contributed by atoms with Crippen LogP contribution in [-0.4, -0.2) is 28.2 Å². The van der Waals surface area contributed by atoms with E-state index in [0.717, 1.165) is 0 Å². The number of rotatable bonds is 0. The summed E-state index contributed by atoms with van der Waals surface area (Å²) in [6.45, 7) is 0. The Bertz CT molecular complexity index is 27.2. The molecule has 0 bridgehead atoms. The minimum Gasteiger partial charge on any atom is -0.368 e. The van der Waals surface area contributed by atoms with Gasteiger partial charge < -0.3 is 19.2 Å². The molecule has 0 unspecified atom stereocenters. The molecule has 0 heterocycles. The van der Waals surface area contributed by atoms with E-state index in [9.17, 15) is 0 Å². The van der Waals surface area contributed by atoms with Crippen molar-refractivity contribution in [3.8, 4) is 0 Å². The van der Waals surface area contributed by atoms with Crippen molar-refractivity contribution >= 4 is 9.05 Å². The van der Waals surface area contributed by atoms with Gasteiger partial charge in [0, 0.05) is 41.2 Å². The second kappa shape index (κ2) is 5.53. The van der Waals surface area contributed by atoms with Gasteiger partial charge in [-0.25, -0.2) is 0 Å². The second-order valence-corrected chi connectivity index (χ2v) is 1.80. The van der Waals surface area contributed by atoms with E-state index in [1.807, 2.05) is 0 Å². The minimum atomic E-state index is -4.61. The summed E-state index contributed by atoms with van der Waals surface area (Å²) >= 11 is 0. The molecule has 0 fully saturated rings. The molecule has 0 aromatic heterocycles. The van der Waals surface area contributed by atoms with E-state index >= 15 is 0 Å². The molecule has 0 aliphatic rings. The molecule has 0 saturated heterocycles. The predicted octanol–water partition coefficient (Wildman–Crippen LogP) is -2.61. The molecule has 0 aromatic rings. The van der Waals surface area contributed by atoms with Gasteiger partial charge in [-0.3, -0.25) is 0 Å². The summed E-state index contributed by atoms with van der Waals surface area (Å²) in [7, 11) is -4.61. The Morgan fingerprint density at radius 1 is 0.857 bits per heavy atom. The van der Waals surface area contributed by atoms with Crippen LogP contribution in [0.25, 0.3) is 0 Å². The van der Waals surface area contributed by atoms with Gasteiger partial charge in [-0.2, -0.15) is 0 Å². The first kappa shape index (κ1) is 15.8. The van der Waals surface area contributed by atoms with Crippen LogP contribution in [0, 0.1) is 0 Å². The van der Waals surface area contributed by atoms with Crippen molar-refractivity contribution in [1.29, 1.82) is 0 Å². The maximum Gasteiger partial charge on any atom is 0.668 e. The average molecular weight is 209 g/mol. The van der Waals surface area contributed by atoms with Crippen LogP contribution in [0.1, 0.15) is 0 Å². The van der Waals surface area contributed by atoms with Gasteiger partial charge >= 0.3 is 9.05 Å². The fourth-order valence-corrected chi connectivity index (χ4v) is 0. The van der Waals surface area contributed by atoms with Crippen LogP contribution in [0.4, 0.5) is 0 Å². The molecule has 0 spiro atoms. The Morgan fingerprint density at radius 2 is 0.857 bits per heavy atom. The predicted molar refractivity (Wildman–Crippen MR) is 14.6 cm³/mol. The van der Waals surface area contributed by atoms with Crippen LogP contribution in [0.5, 0.6) is 0 Å². The van der Waals surface area contributed by atoms with Gasteiger partial charge in [0.1, 0.15) is 0 Å². The largest absolute Gasteiger partial charge is 0.668 e. The van der Waals surface area contributed by atoms with E-state index in [0.29, 0.717) is 0 Å². The summed E-state index contributed by atoms with van der Waals surface area (Å²) in [4.78, 5) is 29.3. The first-order valence-corrected chi connectivity index (χ1v) is 2.68. The fraction of sp³-hybridized carbons (Fsp3) is 0. The molecule has 0 aromatic carbocycles. The summed E-state index contributed by atoms with van der Waals surface area (Å²) in [6.07, 6.45) is 0. The SMILES string of the molecule is O[Si](O)(O)O.[Ti].[Zn]. The van der Waals surface area contributed by atoms with Crippen LogP contribution < -0.4 is 0 Å². The van der Waals surface area contributed by atoms with Gasteiger partial charge in [-0.15, -0.1) is 0 Å². The Morgan fingerprint density at radius 3 is 0.857 bits per heavy atom. The molecule has 0 aliphatic carbocycles. The van der Waals surface area contributed by atoms with Crippen LogP contribution in [-0.2, 0) is 41.2 Å². The van der Waals surface area contributed by atoms with Crippen molar-refractivity contribution in [3.63, 3.8) is 0 Å². The molecular formula is H4O4SiTiZn. The molecule has 0 atom stereocenters. The third-order valence-electron chi connectivity index (χ3n) is 0. The smallest absolute Gasteiger partial charge is 0.368 e. The Balaban J connectivity index is -0.0000000800. The third-order valence-corrected chi connectivity index (χ3v) is 0. The van der Waals surface area contributed by atoms with Crippen LogP contribution in [0.2, 0.25) is 0 Å². The summed E-state index contributed by atoms with van der Waals surface area (Å²) in [5.74, 6) is 0. The normalized spacial score (nSPS) is 8.57. The molecule has 7 heteroatoms. The zero-order valence-corrected chi connectivity index (χ0v) is 9.02. The van der Waals surface area contributed by atoms with Crippen molar-refractivity contribution < 1.29 is 60.4 Å². The van der Waals surface area contributed by atoms with E-state index in [2.05, 4.69) is 0 Å². The van der Waals surface area contributed by atoms with Crippen LogP contribution in [0.3, 0.4) is 0 Å². The number of hydrogen-bond acceptors (Lipinski definition) is 4. The Kier molecular flexibility index (Phi) is 12.5. The molecule has 7 heavy (non-hydrogen) atoms. The quantitative estimate of drug-likeness (QED) is 0.330. The minimum absolute atomic E-state index is 0. The average Bonchev–Trinajstić information content (AvgIpc) is 0.722. The molecule has 4 N–H and O–H groups in total. The summed E-state index contributed by atoms with van der Waals surface area (Å²) in [5, 5.41) is 0. The topological polar surface area (TPSA) is 80.9 Å². The number of hydrogen-bond donors (Lipinski definition) is 4. The van der Waals surface area contributed by atoms with Crippen LogP contribution >= 0.6 is 0 Å². The Hall–Kier alpha value is 1.39. The zero-order chi connectivity index (χ0) is 4.50. The zero-order valence-electron chi connectivity index (χ0n) is 3.50. The summed E-state index contributed by atoms with van der Waals surface area (Å²) in [6, 6.07) is 0. The third kappa shape index (κ3) is 111. The maximum absolute atomic E-state index is 7.33. The van der Waals surface area contributed by atoms with E-state index in [-0.39, 0.29) is 41.2 Å². The van der Waals surface area contributed by atoms with Gasteiger partial charge in [-0.05, 0) is 0 Å². The summed E-state index contributed by atoms with van der Waals surface area (Å²) in [5.41, 5.74) is 0. The fourth-order valence-electron chi connectivity index (χ4n) is 0. The van der Waals surface area contributed by atoms with Crippen molar-refractivity contribution in [2.75, 3.05) is 0 Å². The molecule has 0 saturated carbocycles. The Labute approximate surface area is 69.3 Å². The van der Waals surface area contributed by atoms with E-state index in [1.165, 1.54) is 0 Å². The molecule has 0 aliphatic heterocycles. The standard InChI is InChI=1S/H4O4Si.Ti.Zn/c1-5(2,3)4;;/h1-4H;;. The van der Waals surface area contributed by atoms with Gasteiger partial charge in [0.15, 0.2) is 0 Å². The van der Waals surface area contributed by atoms with Crippen molar-refractivity contribution in [2.45, 2.75) is 0 Å². The molecule has 38 valence electrons. The first-order valence-electron chi connectivity index (χ1n) is 0.894. The van der Waals surface area contributed by atoms with Crippen molar-refractivity contribution in [3.05, 3.63) is 0 Å². The second-order valence-electron chi connectivity index (χ2n) is 0.600. The van der Waals surface area contributed by atoms with E-state index < -0.39 is 9.05 Å². The van der Waals surface area contributed by atoms with Gasteiger partial charge in [-0.1, -0.05) is 0 Å². The van der Waals surface area contributed by atoms with E-state index in [1.54, 1.807) is 0 Å². The van der Waals surface area contributed by atoms with Crippen molar-refractivity contribution in [2.24, 2.45) is 0 Å². The molecule has 0 radical (unpaired) electrons. The van der Waals surface area contributed by atoms with Crippen molar-refractivity contribution in [1.82, 2.24) is 0 Å². The van der Waals surface area contributed by atoms with Gasteiger partial charge in [0.05, 0.1) is 0 Å². The maximum atomic E-state index is 7.33. The molecule has 0 amide bonds. The molecule has 0 rings (SSSR count). The van der Waals surface area contributed by atoms with Gasteiger partial charge in [0.25, 0.3) is 0 Å². The molecular weight excluding hydrogens is 205 g/mol. The van der Waals surface area contributed by atoms with Crippen LogP contribution in [0.15, 0.2) is 0 Å². The first-order chi connectivity index (χ1) is 2.00. The molecule has 4 nitrogen and oxygen atoms in total. The summed E-state index contributed by atoms with van der Waals surface area (Å²) < 4.78 is 0. The van der Waals surface area contributed by atoms with E-state index in [4.69, 9.17) is 19.2 Å². The monoisotopic (exact) mass is 208 g/mol.